The number of carbonyl (C=O) groups is 1. The van der Waals surface area contributed by atoms with Gasteiger partial charge in [0, 0.05) is 25.6 Å². The van der Waals surface area contributed by atoms with Crippen LogP contribution in [0.2, 0.25) is 0 Å². The van der Waals surface area contributed by atoms with E-state index in [1.54, 1.807) is 12.4 Å². The maximum atomic E-state index is 12.7. The normalized spacial score (nSPS) is 13.1. The lowest BCUT2D eigenvalue weighted by Gasteiger charge is -2.15. The number of fused-ring (bicyclic) bond motifs is 1. The predicted octanol–water partition coefficient (Wildman–Crippen LogP) is 3.33. The van der Waals surface area contributed by atoms with E-state index in [9.17, 15) is 4.79 Å². The minimum absolute atomic E-state index is 0.0218. The summed E-state index contributed by atoms with van der Waals surface area (Å²) in [6, 6.07) is 14.0. The van der Waals surface area contributed by atoms with Gasteiger partial charge in [-0.2, -0.15) is 0 Å². The molecule has 3 aromatic rings. The van der Waals surface area contributed by atoms with Crippen molar-refractivity contribution in [1.82, 2.24) is 9.97 Å². The first-order valence-corrected chi connectivity index (χ1v) is 8.37. The van der Waals surface area contributed by atoms with Crippen molar-refractivity contribution < 1.29 is 4.79 Å². The van der Waals surface area contributed by atoms with Crippen LogP contribution in [0.1, 0.15) is 25.9 Å². The van der Waals surface area contributed by atoms with Crippen molar-refractivity contribution in [3.63, 3.8) is 0 Å². The van der Waals surface area contributed by atoms with Gasteiger partial charge in [-0.05, 0) is 17.7 Å². The third kappa shape index (κ3) is 2.75. The van der Waals surface area contributed by atoms with Gasteiger partial charge in [-0.1, -0.05) is 30.3 Å². The number of nitrogens with zero attached hydrogens (tertiary/aromatic N) is 3. The number of hydrogen-bond acceptors (Lipinski definition) is 4. The van der Waals surface area contributed by atoms with E-state index in [0.29, 0.717) is 11.4 Å². The second kappa shape index (κ2) is 5.93. The minimum atomic E-state index is 0.0218. The third-order valence-electron chi connectivity index (χ3n) is 3.94. The lowest BCUT2D eigenvalue weighted by atomic mass is 10.2. The van der Waals surface area contributed by atoms with E-state index < -0.39 is 0 Å². The van der Waals surface area contributed by atoms with Crippen LogP contribution in [0.15, 0.2) is 54.9 Å². The van der Waals surface area contributed by atoms with Crippen LogP contribution in [0.3, 0.4) is 0 Å². The highest BCUT2D eigenvalue weighted by Gasteiger charge is 2.27. The quantitative estimate of drug-likeness (QED) is 0.743. The van der Waals surface area contributed by atoms with Gasteiger partial charge in [0.25, 0.3) is 5.91 Å². The van der Waals surface area contributed by atoms with Crippen molar-refractivity contribution in [3.8, 4) is 0 Å². The van der Waals surface area contributed by atoms with Gasteiger partial charge in [-0.3, -0.25) is 9.78 Å². The van der Waals surface area contributed by atoms with E-state index in [1.165, 1.54) is 16.9 Å². The first-order valence-electron chi connectivity index (χ1n) is 7.55. The van der Waals surface area contributed by atoms with Crippen molar-refractivity contribution in [2.75, 3.05) is 11.4 Å². The zero-order valence-corrected chi connectivity index (χ0v) is 13.3. The van der Waals surface area contributed by atoms with Gasteiger partial charge in [0.2, 0.25) is 0 Å². The number of carbonyl (C=O) groups excluding carboxylic acids is 1. The molecule has 1 amide bonds. The molecule has 0 saturated heterocycles. The molecule has 0 bridgehead atoms. The van der Waals surface area contributed by atoms with Crippen LogP contribution in [0.4, 0.5) is 5.69 Å². The molecule has 3 heterocycles. The largest absolute Gasteiger partial charge is 0.305 e. The first kappa shape index (κ1) is 14.1. The highest BCUT2D eigenvalue weighted by Crippen LogP contribution is 2.28. The second-order valence-electron chi connectivity index (χ2n) is 5.46. The molecule has 0 saturated carbocycles. The van der Waals surface area contributed by atoms with E-state index >= 15 is 0 Å². The van der Waals surface area contributed by atoms with Crippen molar-refractivity contribution in [2.24, 2.45) is 0 Å². The molecule has 114 valence electrons. The average molecular weight is 321 g/mol. The Balaban J connectivity index is 1.54. The second-order valence-corrected chi connectivity index (χ2v) is 6.57. The van der Waals surface area contributed by atoms with Crippen LogP contribution in [-0.4, -0.2) is 22.4 Å². The van der Waals surface area contributed by atoms with Gasteiger partial charge in [-0.15, -0.1) is 11.3 Å². The van der Waals surface area contributed by atoms with Crippen LogP contribution >= 0.6 is 11.3 Å². The molecule has 1 aliphatic heterocycles. The summed E-state index contributed by atoms with van der Waals surface area (Å²) in [5.74, 6) is 0.0218. The number of hydrogen-bond donors (Lipinski definition) is 0. The fraction of sp³-hybridized carbons (Fsp3) is 0.167. The number of rotatable bonds is 3. The molecule has 0 spiro atoms. The zero-order valence-electron chi connectivity index (χ0n) is 12.5. The Morgan fingerprint density at radius 1 is 1.13 bits per heavy atom. The van der Waals surface area contributed by atoms with Crippen LogP contribution in [0.25, 0.3) is 0 Å². The Hall–Kier alpha value is -2.53. The first-order chi connectivity index (χ1) is 11.3. The van der Waals surface area contributed by atoms with Gasteiger partial charge in [0.05, 0.1) is 22.6 Å². The molecule has 4 nitrogen and oxygen atoms in total. The van der Waals surface area contributed by atoms with Gasteiger partial charge < -0.3 is 4.90 Å². The van der Waals surface area contributed by atoms with E-state index in [2.05, 4.69) is 22.1 Å². The van der Waals surface area contributed by atoms with Crippen LogP contribution in [0, 0.1) is 0 Å². The fourth-order valence-corrected chi connectivity index (χ4v) is 3.71. The Morgan fingerprint density at radius 2 is 2.00 bits per heavy atom. The van der Waals surface area contributed by atoms with Crippen molar-refractivity contribution in [3.05, 3.63) is 76.0 Å². The Labute approximate surface area is 138 Å². The summed E-state index contributed by atoms with van der Waals surface area (Å²) in [5, 5.41) is 0.963. The summed E-state index contributed by atoms with van der Waals surface area (Å²) in [7, 11) is 0. The number of pyridine rings is 1. The molecule has 5 heteroatoms. The smallest absolute Gasteiger partial charge is 0.270 e. The molecule has 1 aliphatic rings. The number of anilines is 1. The summed E-state index contributed by atoms with van der Waals surface area (Å²) in [6.07, 6.45) is 5.05. The molecule has 0 aliphatic carbocycles. The maximum absolute atomic E-state index is 12.7. The molecule has 0 N–H and O–H groups in total. The van der Waals surface area contributed by atoms with Crippen molar-refractivity contribution >= 4 is 22.9 Å². The Bertz CT molecular complexity index is 844. The fourth-order valence-electron chi connectivity index (χ4n) is 2.81. The summed E-state index contributed by atoms with van der Waals surface area (Å²) in [5.41, 5.74) is 3.13. The summed E-state index contributed by atoms with van der Waals surface area (Å²) < 4.78 is 0. The SMILES string of the molecule is O=C(c1cnc(Cc2ccccc2)s1)N1CCc2ncccc21. The average Bonchev–Trinajstić information content (AvgIpc) is 3.22. The lowest BCUT2D eigenvalue weighted by Crippen LogP contribution is -2.28. The van der Waals surface area contributed by atoms with Gasteiger partial charge >= 0.3 is 0 Å². The molecule has 2 aromatic heterocycles. The number of benzene rings is 1. The molecule has 0 radical (unpaired) electrons. The standard InChI is InChI=1S/C18H15N3OS/c22-18(21-10-8-14-15(21)7-4-9-19-14)16-12-20-17(23-16)11-13-5-2-1-3-6-13/h1-7,9,12H,8,10-11H2. The monoisotopic (exact) mass is 321 g/mol. The van der Waals surface area contributed by atoms with E-state index in [-0.39, 0.29) is 5.91 Å². The molecule has 1 aromatic carbocycles. The third-order valence-corrected chi connectivity index (χ3v) is 4.92. The highest BCUT2D eigenvalue weighted by atomic mass is 32.1. The summed E-state index contributed by atoms with van der Waals surface area (Å²) in [4.78, 5) is 24.0. The topological polar surface area (TPSA) is 46.1 Å². The van der Waals surface area contributed by atoms with E-state index in [0.717, 1.165) is 29.2 Å². The van der Waals surface area contributed by atoms with Crippen LogP contribution < -0.4 is 4.90 Å². The summed E-state index contributed by atoms with van der Waals surface area (Å²) in [6.45, 7) is 0.692. The Morgan fingerprint density at radius 3 is 2.87 bits per heavy atom. The van der Waals surface area contributed by atoms with Gasteiger partial charge in [-0.25, -0.2) is 4.98 Å². The van der Waals surface area contributed by atoms with Crippen LogP contribution in [-0.2, 0) is 12.8 Å². The maximum Gasteiger partial charge on any atom is 0.270 e. The molecule has 4 rings (SSSR count). The van der Waals surface area contributed by atoms with Gasteiger partial charge in [0.1, 0.15) is 4.88 Å². The molecule has 23 heavy (non-hydrogen) atoms. The molecular weight excluding hydrogens is 306 g/mol. The highest BCUT2D eigenvalue weighted by molar-refractivity contribution is 7.13. The van der Waals surface area contributed by atoms with Gasteiger partial charge in [0.15, 0.2) is 0 Å². The molecule has 0 fully saturated rings. The number of amides is 1. The molecule has 0 unspecified atom stereocenters. The molecule has 0 atom stereocenters. The number of thiazole rings is 1. The van der Waals surface area contributed by atoms with Crippen molar-refractivity contribution in [1.29, 1.82) is 0 Å². The lowest BCUT2D eigenvalue weighted by molar-refractivity contribution is 0.0993. The van der Waals surface area contributed by atoms with Crippen LogP contribution in [0.5, 0.6) is 0 Å². The van der Waals surface area contributed by atoms with E-state index in [1.807, 2.05) is 35.2 Å². The molecular formula is C18H15N3OS. The minimum Gasteiger partial charge on any atom is -0.305 e. The zero-order chi connectivity index (χ0) is 15.6. The Kier molecular flexibility index (Phi) is 3.63. The summed E-state index contributed by atoms with van der Waals surface area (Å²) >= 11 is 1.47. The number of aromatic nitrogens is 2. The van der Waals surface area contributed by atoms with Crippen molar-refractivity contribution in [2.45, 2.75) is 12.8 Å². The van der Waals surface area contributed by atoms with E-state index in [4.69, 9.17) is 0 Å². The predicted molar refractivity (Wildman–Crippen MR) is 91.0 cm³/mol.